The molecule has 0 radical (unpaired) electrons. The average Bonchev–Trinajstić information content (AvgIpc) is 3.10. The second-order valence-corrected chi connectivity index (χ2v) is 7.01. The van der Waals surface area contributed by atoms with Crippen molar-refractivity contribution in [2.45, 2.75) is 24.8 Å². The molecule has 1 aliphatic rings. The number of aromatic nitrogens is 1. The number of hydrogen-bond donors (Lipinski definition) is 2. The topological polar surface area (TPSA) is 65.5 Å². The molecule has 0 aliphatic carbocycles. The minimum atomic E-state index is -3.00. The van der Waals surface area contributed by atoms with Crippen molar-refractivity contribution < 1.29 is 23.1 Å². The number of alkyl halides is 2. The Kier molecular flexibility index (Phi) is 4.96. The van der Waals surface area contributed by atoms with E-state index >= 15 is 0 Å². The fourth-order valence-corrected chi connectivity index (χ4v) is 3.59. The Morgan fingerprint density at radius 1 is 1.48 bits per heavy atom. The van der Waals surface area contributed by atoms with Gasteiger partial charge < -0.3 is 10.0 Å². The number of aliphatic hydroxyl groups is 1. The number of carbonyl (C=O) groups excluding carboxylic acids is 1. The number of nitrogens with one attached hydrogen (secondary N) is 1. The van der Waals surface area contributed by atoms with Gasteiger partial charge in [0.2, 0.25) is 0 Å². The normalized spacial score (nSPS) is 19.2. The van der Waals surface area contributed by atoms with Crippen LogP contribution in [0.1, 0.15) is 16.9 Å². The van der Waals surface area contributed by atoms with Crippen LogP contribution in [-0.4, -0.2) is 46.1 Å². The van der Waals surface area contributed by atoms with Crippen molar-refractivity contribution in [1.29, 1.82) is 0 Å². The van der Waals surface area contributed by atoms with E-state index in [1.54, 1.807) is 18.3 Å². The number of rotatable bonds is 4. The summed E-state index contributed by atoms with van der Waals surface area (Å²) in [6, 6.07) is 4.52. The second kappa shape index (κ2) is 7.01. The Morgan fingerprint density at radius 3 is 3.00 bits per heavy atom. The smallest absolute Gasteiger partial charge is 0.324 e. The Morgan fingerprint density at radius 2 is 2.28 bits per heavy atom. The quantitative estimate of drug-likeness (QED) is 0.868. The van der Waals surface area contributed by atoms with Crippen LogP contribution < -0.4 is 5.32 Å². The molecule has 1 fully saturated rings. The second-order valence-electron chi connectivity index (χ2n) is 5.89. The number of benzene rings is 1. The predicted molar refractivity (Wildman–Crippen MR) is 87.5 cm³/mol. The molecule has 5 nitrogen and oxygen atoms in total. The van der Waals surface area contributed by atoms with Gasteiger partial charge in [-0.3, -0.25) is 5.32 Å². The fourth-order valence-electron chi connectivity index (χ4n) is 2.76. The predicted octanol–water partition coefficient (Wildman–Crippen LogP) is 3.11. The molecule has 0 saturated carbocycles. The van der Waals surface area contributed by atoms with Crippen molar-refractivity contribution in [2.24, 2.45) is 0 Å². The molecule has 0 bridgehead atoms. The third kappa shape index (κ3) is 4.29. The molecule has 2 N–H and O–H groups in total. The highest BCUT2D eigenvalue weighted by Crippen LogP contribution is 2.32. The Balaban J connectivity index is 1.64. The number of aliphatic hydroxyl groups excluding tert-OH is 1. The van der Waals surface area contributed by atoms with Crippen molar-refractivity contribution in [3.05, 3.63) is 46.7 Å². The van der Waals surface area contributed by atoms with Gasteiger partial charge in [-0.05, 0) is 17.7 Å². The maximum absolute atomic E-state index is 13.4. The first kappa shape index (κ1) is 17.7. The largest absolute Gasteiger partial charge is 0.394 e. The Bertz CT molecular complexity index is 769. The third-order valence-corrected chi connectivity index (χ3v) is 4.80. The summed E-state index contributed by atoms with van der Waals surface area (Å²) in [7, 11) is 0. The summed E-state index contributed by atoms with van der Waals surface area (Å²) in [4.78, 5) is 17.9. The van der Waals surface area contributed by atoms with Crippen LogP contribution >= 0.6 is 11.3 Å². The molecule has 3 rings (SSSR count). The molecule has 1 saturated heterocycles. The highest BCUT2D eigenvalue weighted by atomic mass is 32.1. The van der Waals surface area contributed by atoms with E-state index in [0.717, 1.165) is 15.3 Å². The van der Waals surface area contributed by atoms with E-state index in [1.165, 1.54) is 23.5 Å². The van der Waals surface area contributed by atoms with Gasteiger partial charge in [-0.2, -0.15) is 0 Å². The molecule has 2 aromatic rings. The van der Waals surface area contributed by atoms with Gasteiger partial charge in [0, 0.05) is 23.9 Å². The number of hydrogen-bond acceptors (Lipinski definition) is 4. The van der Waals surface area contributed by atoms with E-state index in [-0.39, 0.29) is 10.9 Å². The molecule has 0 spiro atoms. The highest BCUT2D eigenvalue weighted by Gasteiger charge is 2.46. The van der Waals surface area contributed by atoms with Crippen molar-refractivity contribution in [1.82, 2.24) is 9.88 Å². The molecule has 134 valence electrons. The molecule has 2 heterocycles. The van der Waals surface area contributed by atoms with Crippen molar-refractivity contribution in [3.8, 4) is 0 Å². The van der Waals surface area contributed by atoms with Gasteiger partial charge in [0.15, 0.2) is 5.13 Å². The van der Waals surface area contributed by atoms with E-state index in [2.05, 4.69) is 10.3 Å². The van der Waals surface area contributed by atoms with Gasteiger partial charge in [-0.1, -0.05) is 12.1 Å². The lowest BCUT2D eigenvalue weighted by molar-refractivity contribution is 0.0145. The molecular weight excluding hydrogens is 355 g/mol. The first-order valence-corrected chi connectivity index (χ1v) is 8.43. The lowest BCUT2D eigenvalue weighted by Crippen LogP contribution is -2.41. The first-order valence-electron chi connectivity index (χ1n) is 7.62. The maximum atomic E-state index is 13.4. The van der Waals surface area contributed by atoms with Crippen LogP contribution in [0.15, 0.2) is 30.5 Å². The lowest BCUT2D eigenvalue weighted by Gasteiger charge is -2.21. The van der Waals surface area contributed by atoms with Crippen LogP contribution in [0.5, 0.6) is 0 Å². The summed E-state index contributed by atoms with van der Waals surface area (Å²) < 4.78 is 40.1. The number of halogens is 3. The minimum absolute atomic E-state index is 0.267. The minimum Gasteiger partial charge on any atom is -0.394 e. The SMILES string of the molecule is O=C(Nc1ncc(Cc2cccc(F)c2)s1)N1CC(F)(F)C[C@@H]1CO. The van der Waals surface area contributed by atoms with Crippen LogP contribution in [0.2, 0.25) is 0 Å². The van der Waals surface area contributed by atoms with Gasteiger partial charge in [0.25, 0.3) is 5.92 Å². The number of amides is 2. The van der Waals surface area contributed by atoms with E-state index in [9.17, 15) is 23.1 Å². The zero-order chi connectivity index (χ0) is 18.0. The van der Waals surface area contributed by atoms with E-state index in [0.29, 0.717) is 6.42 Å². The van der Waals surface area contributed by atoms with Crippen molar-refractivity contribution >= 4 is 22.5 Å². The van der Waals surface area contributed by atoms with E-state index in [1.807, 2.05) is 0 Å². The van der Waals surface area contributed by atoms with Crippen LogP contribution in [-0.2, 0) is 6.42 Å². The van der Waals surface area contributed by atoms with Gasteiger partial charge in [-0.15, -0.1) is 11.3 Å². The molecule has 1 aliphatic heterocycles. The van der Waals surface area contributed by atoms with Gasteiger partial charge in [0.05, 0.1) is 19.2 Å². The number of carbonyl (C=O) groups is 1. The third-order valence-electron chi connectivity index (χ3n) is 3.88. The Hall–Kier alpha value is -2.13. The molecule has 25 heavy (non-hydrogen) atoms. The summed E-state index contributed by atoms with van der Waals surface area (Å²) in [5.74, 6) is -3.34. The summed E-state index contributed by atoms with van der Waals surface area (Å²) in [5.41, 5.74) is 0.765. The van der Waals surface area contributed by atoms with Crippen LogP contribution in [0, 0.1) is 5.82 Å². The Labute approximate surface area is 146 Å². The number of likely N-dealkylation sites (tertiary alicyclic amines) is 1. The fraction of sp³-hybridized carbons (Fsp3) is 0.375. The standard InChI is InChI=1S/C16H16F3N3O2S/c17-11-3-1-2-10(4-11)5-13-7-20-14(25-13)21-15(24)22-9-16(18,19)6-12(22)8-23/h1-4,7,12,23H,5-6,8-9H2,(H,20,21,24)/t12-/m1/s1. The molecule has 2 amide bonds. The number of nitrogens with zero attached hydrogens (tertiary/aromatic N) is 2. The number of anilines is 1. The van der Waals surface area contributed by atoms with Gasteiger partial charge in [0.1, 0.15) is 5.82 Å². The highest BCUT2D eigenvalue weighted by molar-refractivity contribution is 7.15. The summed E-state index contributed by atoms with van der Waals surface area (Å²) in [5, 5.41) is 11.9. The summed E-state index contributed by atoms with van der Waals surface area (Å²) >= 11 is 1.19. The van der Waals surface area contributed by atoms with Crippen LogP contribution in [0.25, 0.3) is 0 Å². The zero-order valence-electron chi connectivity index (χ0n) is 13.1. The molecule has 9 heteroatoms. The monoisotopic (exact) mass is 371 g/mol. The average molecular weight is 371 g/mol. The maximum Gasteiger partial charge on any atom is 0.324 e. The summed E-state index contributed by atoms with van der Waals surface area (Å²) in [6.45, 7) is -1.25. The molecule has 1 aromatic carbocycles. The molecule has 1 aromatic heterocycles. The summed E-state index contributed by atoms with van der Waals surface area (Å²) in [6.07, 6.45) is 1.44. The molecule has 1 atom stereocenters. The van der Waals surface area contributed by atoms with E-state index < -0.39 is 37.6 Å². The zero-order valence-corrected chi connectivity index (χ0v) is 13.9. The first-order chi connectivity index (χ1) is 11.9. The van der Waals surface area contributed by atoms with Gasteiger partial charge >= 0.3 is 6.03 Å². The molecular formula is C16H16F3N3O2S. The lowest BCUT2D eigenvalue weighted by atomic mass is 10.1. The van der Waals surface area contributed by atoms with Gasteiger partial charge in [-0.25, -0.2) is 22.9 Å². The van der Waals surface area contributed by atoms with E-state index in [4.69, 9.17) is 0 Å². The number of thiazole rings is 1. The van der Waals surface area contributed by atoms with Crippen molar-refractivity contribution in [2.75, 3.05) is 18.5 Å². The van der Waals surface area contributed by atoms with Crippen LogP contribution in [0.4, 0.5) is 23.1 Å². The van der Waals surface area contributed by atoms with Crippen LogP contribution in [0.3, 0.4) is 0 Å². The number of urea groups is 1. The van der Waals surface area contributed by atoms with Crippen molar-refractivity contribution in [3.63, 3.8) is 0 Å². The molecule has 0 unspecified atom stereocenters.